The Kier molecular flexibility index (Phi) is 6.67. The van der Waals surface area contributed by atoms with E-state index in [4.69, 9.17) is 13.9 Å². The molecule has 0 radical (unpaired) electrons. The van der Waals surface area contributed by atoms with Crippen LogP contribution in [-0.2, 0) is 16.0 Å². The number of amides is 1. The topological polar surface area (TPSA) is 135 Å². The molecule has 3 rings (SSSR count). The van der Waals surface area contributed by atoms with Crippen LogP contribution in [0.5, 0.6) is 17.2 Å². The Morgan fingerprint density at radius 3 is 2.47 bits per heavy atom. The summed E-state index contributed by atoms with van der Waals surface area (Å²) >= 11 is 0. The number of aromatic hydroxyl groups is 1. The van der Waals surface area contributed by atoms with Gasteiger partial charge in [0, 0.05) is 11.5 Å². The third-order valence-corrected chi connectivity index (χ3v) is 5.13. The van der Waals surface area contributed by atoms with Crippen molar-refractivity contribution in [3.63, 3.8) is 0 Å². The molecule has 1 amide bonds. The minimum absolute atomic E-state index is 0.0445. The van der Waals surface area contributed by atoms with Crippen molar-refractivity contribution < 1.29 is 33.7 Å². The van der Waals surface area contributed by atoms with Gasteiger partial charge in [-0.15, -0.1) is 0 Å². The highest BCUT2D eigenvalue weighted by Gasteiger charge is 2.22. The first kappa shape index (κ1) is 22.7. The molecule has 0 saturated heterocycles. The normalized spacial score (nSPS) is 11.7. The van der Waals surface area contributed by atoms with Crippen LogP contribution < -0.4 is 20.4 Å². The summed E-state index contributed by atoms with van der Waals surface area (Å²) in [6.45, 7) is 1.68. The van der Waals surface area contributed by atoms with Crippen molar-refractivity contribution in [2.45, 2.75) is 25.8 Å². The smallest absolute Gasteiger partial charge is 0.340 e. The fraction of sp³-hybridized carbons (Fsp3) is 0.261. The third-order valence-electron chi connectivity index (χ3n) is 5.13. The zero-order valence-electron chi connectivity index (χ0n) is 17.8. The molecule has 1 heterocycles. The molecular weight excluding hydrogens is 418 g/mol. The molecule has 2 aromatic carbocycles. The second-order valence-corrected chi connectivity index (χ2v) is 7.18. The van der Waals surface area contributed by atoms with Gasteiger partial charge in [0.05, 0.1) is 38.7 Å². The van der Waals surface area contributed by atoms with Crippen molar-refractivity contribution in [1.82, 2.24) is 5.32 Å². The van der Waals surface area contributed by atoms with E-state index in [1.165, 1.54) is 26.4 Å². The average Bonchev–Trinajstić information content (AvgIpc) is 2.75. The van der Waals surface area contributed by atoms with Gasteiger partial charge in [0.25, 0.3) is 0 Å². The monoisotopic (exact) mass is 441 g/mol. The molecule has 0 fully saturated rings. The second kappa shape index (κ2) is 9.42. The molecule has 9 heteroatoms. The minimum Gasteiger partial charge on any atom is -0.508 e. The second-order valence-electron chi connectivity index (χ2n) is 7.18. The molecule has 9 nitrogen and oxygen atoms in total. The molecule has 0 aliphatic rings. The zero-order chi connectivity index (χ0) is 23.4. The van der Waals surface area contributed by atoms with E-state index in [2.05, 4.69) is 5.32 Å². The Morgan fingerprint density at radius 1 is 1.09 bits per heavy atom. The van der Waals surface area contributed by atoms with Crippen molar-refractivity contribution in [2.75, 3.05) is 14.2 Å². The number of carbonyl (C=O) groups is 2. The van der Waals surface area contributed by atoms with Gasteiger partial charge < -0.3 is 29.4 Å². The van der Waals surface area contributed by atoms with Gasteiger partial charge in [-0.1, -0.05) is 6.07 Å². The molecule has 0 saturated carbocycles. The van der Waals surface area contributed by atoms with Crippen LogP contribution in [0.4, 0.5) is 0 Å². The van der Waals surface area contributed by atoms with E-state index in [-0.39, 0.29) is 29.7 Å². The lowest BCUT2D eigenvalue weighted by Crippen LogP contribution is -2.32. The molecule has 0 unspecified atom stereocenters. The molecule has 32 heavy (non-hydrogen) atoms. The van der Waals surface area contributed by atoms with Gasteiger partial charge in [0.15, 0.2) is 11.5 Å². The summed E-state index contributed by atoms with van der Waals surface area (Å²) in [6.07, 6.45) is -0.666. The number of carbonyl (C=O) groups excluding carboxylic acids is 1. The van der Waals surface area contributed by atoms with E-state index in [0.29, 0.717) is 28.0 Å². The Hall–Kier alpha value is -4.01. The Labute approximate surface area is 183 Å². The number of aryl methyl sites for hydroxylation is 1. The van der Waals surface area contributed by atoms with Crippen molar-refractivity contribution in [2.24, 2.45) is 0 Å². The number of rotatable bonds is 8. The highest BCUT2D eigenvalue weighted by molar-refractivity contribution is 5.85. The standard InChI is InChI=1S/C23H23NO8/c1-12-15-6-5-14(25)9-19(15)32-23(29)16(12)10-21(26)24-17(11-22(27)28)13-4-7-18(30-2)20(8-13)31-3/h4-9,17,25H,10-11H2,1-3H3,(H,24,26)(H,27,28)/t17-/m1/s1. The SMILES string of the molecule is COc1ccc([C@@H](CC(=O)O)NC(=O)Cc2c(C)c3ccc(O)cc3oc2=O)cc1OC. The van der Waals surface area contributed by atoms with Crippen molar-refractivity contribution in [3.05, 3.63) is 63.5 Å². The van der Waals surface area contributed by atoms with Crippen LogP contribution in [0.3, 0.4) is 0 Å². The molecule has 168 valence electrons. The highest BCUT2D eigenvalue weighted by atomic mass is 16.5. The van der Waals surface area contributed by atoms with Crippen LogP contribution in [-0.4, -0.2) is 36.3 Å². The Morgan fingerprint density at radius 2 is 1.81 bits per heavy atom. The van der Waals surface area contributed by atoms with Crippen LogP contribution >= 0.6 is 0 Å². The van der Waals surface area contributed by atoms with Gasteiger partial charge in [-0.05, 0) is 42.3 Å². The lowest BCUT2D eigenvalue weighted by Gasteiger charge is -2.19. The summed E-state index contributed by atoms with van der Waals surface area (Å²) in [5.74, 6) is -0.834. The molecule has 3 N–H and O–H groups in total. The molecular formula is C23H23NO8. The fourth-order valence-corrected chi connectivity index (χ4v) is 3.49. The minimum atomic E-state index is -1.11. The van der Waals surface area contributed by atoms with Gasteiger partial charge >= 0.3 is 11.6 Å². The van der Waals surface area contributed by atoms with E-state index in [9.17, 15) is 24.6 Å². The molecule has 0 bridgehead atoms. The number of methoxy groups -OCH3 is 2. The predicted molar refractivity (Wildman–Crippen MR) is 115 cm³/mol. The molecule has 0 spiro atoms. The van der Waals surface area contributed by atoms with Crippen molar-refractivity contribution >= 4 is 22.8 Å². The van der Waals surface area contributed by atoms with Crippen molar-refractivity contribution in [3.8, 4) is 17.2 Å². The first-order valence-corrected chi connectivity index (χ1v) is 9.71. The van der Waals surface area contributed by atoms with E-state index < -0.39 is 23.5 Å². The maximum atomic E-state index is 12.8. The van der Waals surface area contributed by atoms with Gasteiger partial charge in [0.1, 0.15) is 11.3 Å². The first-order valence-electron chi connectivity index (χ1n) is 9.71. The first-order chi connectivity index (χ1) is 15.2. The number of fused-ring (bicyclic) bond motifs is 1. The summed E-state index contributed by atoms with van der Waals surface area (Å²) in [5.41, 5.74) is 0.730. The van der Waals surface area contributed by atoms with Gasteiger partial charge in [0.2, 0.25) is 5.91 Å². The van der Waals surface area contributed by atoms with E-state index in [1.807, 2.05) is 0 Å². The maximum Gasteiger partial charge on any atom is 0.340 e. The van der Waals surface area contributed by atoms with Gasteiger partial charge in [-0.2, -0.15) is 0 Å². The van der Waals surface area contributed by atoms with Crippen LogP contribution in [0.1, 0.15) is 29.2 Å². The zero-order valence-corrected chi connectivity index (χ0v) is 17.8. The maximum absolute atomic E-state index is 12.8. The van der Waals surface area contributed by atoms with E-state index in [0.717, 1.165) is 0 Å². The third kappa shape index (κ3) is 4.83. The lowest BCUT2D eigenvalue weighted by molar-refractivity contribution is -0.137. The van der Waals surface area contributed by atoms with Gasteiger partial charge in [-0.3, -0.25) is 9.59 Å². The summed E-state index contributed by atoms with van der Waals surface area (Å²) in [5, 5.41) is 22.2. The number of phenols is 1. The molecule has 1 atom stereocenters. The molecule has 3 aromatic rings. The highest BCUT2D eigenvalue weighted by Crippen LogP contribution is 2.31. The lowest BCUT2D eigenvalue weighted by atomic mass is 10.0. The quantitative estimate of drug-likeness (QED) is 0.454. The van der Waals surface area contributed by atoms with E-state index in [1.54, 1.807) is 31.2 Å². The van der Waals surface area contributed by atoms with Crippen LogP contribution in [0, 0.1) is 6.92 Å². The predicted octanol–water partition coefficient (Wildman–Crippen LogP) is 2.70. The van der Waals surface area contributed by atoms with Gasteiger partial charge in [-0.25, -0.2) is 4.79 Å². The fourth-order valence-electron chi connectivity index (χ4n) is 3.49. The van der Waals surface area contributed by atoms with Crippen LogP contribution in [0.15, 0.2) is 45.6 Å². The van der Waals surface area contributed by atoms with Crippen LogP contribution in [0.2, 0.25) is 0 Å². The number of carboxylic acid groups (broad SMARTS) is 1. The Balaban J connectivity index is 1.89. The number of carboxylic acids is 1. The number of benzene rings is 2. The largest absolute Gasteiger partial charge is 0.508 e. The average molecular weight is 441 g/mol. The van der Waals surface area contributed by atoms with Crippen molar-refractivity contribution in [1.29, 1.82) is 0 Å². The summed E-state index contributed by atoms with van der Waals surface area (Å²) in [7, 11) is 2.93. The number of nitrogens with one attached hydrogen (secondary N) is 1. The molecule has 0 aliphatic heterocycles. The number of phenolic OH excluding ortho intramolecular Hbond substituents is 1. The summed E-state index contributed by atoms with van der Waals surface area (Å²) < 4.78 is 15.7. The summed E-state index contributed by atoms with van der Waals surface area (Å²) in [6, 6.07) is 8.37. The number of aliphatic carboxylic acids is 1. The van der Waals surface area contributed by atoms with E-state index >= 15 is 0 Å². The molecule has 1 aromatic heterocycles. The van der Waals surface area contributed by atoms with Crippen LogP contribution in [0.25, 0.3) is 11.0 Å². The Bertz CT molecular complexity index is 1230. The number of ether oxygens (including phenoxy) is 2. The number of hydrogen-bond acceptors (Lipinski definition) is 7. The molecule has 0 aliphatic carbocycles. The summed E-state index contributed by atoms with van der Waals surface area (Å²) in [4.78, 5) is 36.6. The number of hydrogen-bond donors (Lipinski definition) is 3.